The number of oxazole rings is 6. The minimum atomic E-state index is -0.581. The van der Waals surface area contributed by atoms with Crippen molar-refractivity contribution in [3.05, 3.63) is 66.8 Å². The van der Waals surface area contributed by atoms with Crippen molar-refractivity contribution in [2.45, 2.75) is 26.3 Å². The Kier molecular flexibility index (Phi) is 5.50. The van der Waals surface area contributed by atoms with Crippen LogP contribution in [0.4, 0.5) is 0 Å². The lowest BCUT2D eigenvalue weighted by Gasteiger charge is -2.18. The van der Waals surface area contributed by atoms with Crippen molar-refractivity contribution in [3.8, 4) is 46.3 Å². The van der Waals surface area contributed by atoms with Crippen LogP contribution in [0.25, 0.3) is 52.4 Å². The third kappa shape index (κ3) is 4.30. The highest BCUT2D eigenvalue weighted by molar-refractivity contribution is 5.92. The molecular weight excluding hydrogens is 522 g/mol. The smallest absolute Gasteiger partial charge is 0.273 e. The van der Waals surface area contributed by atoms with E-state index in [1.54, 1.807) is 6.08 Å². The largest absolute Gasteiger partial charge is 0.448 e. The number of amides is 1. The third-order valence-corrected chi connectivity index (χ3v) is 6.02. The summed E-state index contributed by atoms with van der Waals surface area (Å²) < 4.78 is 33.4. The predicted molar refractivity (Wildman–Crippen MR) is 133 cm³/mol. The second-order valence-electron chi connectivity index (χ2n) is 9.19. The number of fused-ring (bicyclic) bond motifs is 16. The van der Waals surface area contributed by atoms with Gasteiger partial charge in [-0.05, 0) is 12.0 Å². The molecule has 1 unspecified atom stereocenters. The van der Waals surface area contributed by atoms with Gasteiger partial charge in [-0.3, -0.25) is 4.79 Å². The Labute approximate surface area is 224 Å². The van der Waals surface area contributed by atoms with Crippen LogP contribution in [0.2, 0.25) is 0 Å². The van der Waals surface area contributed by atoms with Crippen LogP contribution in [-0.4, -0.2) is 35.8 Å². The number of aromatic nitrogens is 6. The molecule has 0 aromatic carbocycles. The lowest BCUT2D eigenvalue weighted by molar-refractivity contribution is 0.0911. The van der Waals surface area contributed by atoms with Crippen molar-refractivity contribution < 1.29 is 31.3 Å². The van der Waals surface area contributed by atoms with Crippen molar-refractivity contribution in [3.63, 3.8) is 0 Å². The lowest BCUT2D eigenvalue weighted by atomic mass is 10.0. The zero-order chi connectivity index (χ0) is 27.2. The summed E-state index contributed by atoms with van der Waals surface area (Å²) in [5, 5.41) is 2.89. The van der Waals surface area contributed by atoms with Crippen molar-refractivity contribution >= 4 is 12.0 Å². The van der Waals surface area contributed by atoms with Crippen LogP contribution in [0.15, 0.2) is 70.2 Å². The minimum absolute atomic E-state index is 0.0459. The van der Waals surface area contributed by atoms with E-state index in [0.717, 1.165) is 0 Å². The van der Waals surface area contributed by atoms with E-state index in [4.69, 9.17) is 26.5 Å². The van der Waals surface area contributed by atoms with E-state index < -0.39 is 11.9 Å². The first kappa shape index (κ1) is 23.6. The Morgan fingerprint density at radius 1 is 0.675 bits per heavy atom. The Morgan fingerprint density at radius 2 is 1.23 bits per heavy atom. The number of nitrogens with one attached hydrogen (secondary N) is 1. The highest BCUT2D eigenvalue weighted by atomic mass is 16.4. The first-order chi connectivity index (χ1) is 19.5. The second-order valence-corrected chi connectivity index (χ2v) is 9.19. The maximum absolute atomic E-state index is 13.1. The van der Waals surface area contributed by atoms with E-state index in [0.29, 0.717) is 35.1 Å². The van der Waals surface area contributed by atoms with E-state index >= 15 is 0 Å². The van der Waals surface area contributed by atoms with E-state index in [-0.39, 0.29) is 46.8 Å². The van der Waals surface area contributed by atoms with E-state index in [2.05, 4.69) is 35.2 Å². The first-order valence-corrected chi connectivity index (χ1v) is 12.2. The Bertz CT molecular complexity index is 1850. The zero-order valence-corrected chi connectivity index (χ0v) is 21.0. The SMILES string of the molecule is CC(C)C1NC(=O)c2coc(n2)-c2coc(n2)-c2coc(n2)C/C=C/c2coc(n2)-c2coc(n2)-c2coc1n2. The van der Waals surface area contributed by atoms with Gasteiger partial charge in [-0.2, -0.15) is 0 Å². The molecule has 1 atom stereocenters. The fourth-order valence-corrected chi connectivity index (χ4v) is 4.00. The number of carbonyl (C=O) groups is 1. The molecule has 7 rings (SSSR count). The Morgan fingerprint density at radius 3 is 1.95 bits per heavy atom. The molecular formula is C26H19N7O7. The normalized spacial score (nSPS) is 16.1. The van der Waals surface area contributed by atoms with Crippen molar-refractivity contribution in [1.29, 1.82) is 0 Å². The summed E-state index contributed by atoms with van der Waals surface area (Å²) in [5.74, 6) is 0.929. The second kappa shape index (κ2) is 9.34. The molecule has 0 radical (unpaired) electrons. The lowest BCUT2D eigenvalue weighted by Crippen LogP contribution is -2.32. The summed E-state index contributed by atoms with van der Waals surface area (Å²) in [6.45, 7) is 3.84. The van der Waals surface area contributed by atoms with Crippen LogP contribution < -0.4 is 5.32 Å². The van der Waals surface area contributed by atoms with E-state index in [1.165, 1.54) is 37.6 Å². The highest BCUT2D eigenvalue weighted by Gasteiger charge is 2.27. The highest BCUT2D eigenvalue weighted by Crippen LogP contribution is 2.29. The molecule has 0 fully saturated rings. The predicted octanol–water partition coefficient (Wildman–Crippen LogP) is 4.98. The average Bonchev–Trinajstić information content (AvgIpc) is 3.76. The summed E-state index contributed by atoms with van der Waals surface area (Å²) in [5.41, 5.74) is 2.03. The molecule has 6 aromatic rings. The topological polar surface area (TPSA) is 185 Å². The maximum Gasteiger partial charge on any atom is 0.273 e. The van der Waals surface area contributed by atoms with Gasteiger partial charge in [0.25, 0.3) is 5.91 Å². The maximum atomic E-state index is 13.1. The summed E-state index contributed by atoms with van der Waals surface area (Å²) in [7, 11) is 0. The van der Waals surface area contributed by atoms with Crippen molar-refractivity contribution in [2.75, 3.05) is 0 Å². The summed E-state index contributed by atoms with van der Waals surface area (Å²) >= 11 is 0. The first-order valence-electron chi connectivity index (χ1n) is 12.2. The van der Waals surface area contributed by atoms with Crippen molar-refractivity contribution in [2.24, 2.45) is 5.92 Å². The molecule has 0 spiro atoms. The van der Waals surface area contributed by atoms with Crippen LogP contribution in [0.3, 0.4) is 0 Å². The van der Waals surface area contributed by atoms with E-state index in [1.807, 2.05) is 19.9 Å². The summed E-state index contributed by atoms with van der Waals surface area (Å²) in [6, 6.07) is -0.581. The molecule has 1 N–H and O–H groups in total. The van der Waals surface area contributed by atoms with Crippen LogP contribution in [0.5, 0.6) is 0 Å². The average molecular weight is 541 g/mol. The number of carbonyl (C=O) groups excluding carboxylic acids is 1. The fraction of sp³-hybridized carbons (Fsp3) is 0.192. The van der Waals surface area contributed by atoms with Crippen molar-refractivity contribution in [1.82, 2.24) is 35.2 Å². The monoisotopic (exact) mass is 541 g/mol. The molecule has 200 valence electrons. The van der Waals surface area contributed by atoms with Gasteiger partial charge >= 0.3 is 0 Å². The molecule has 14 nitrogen and oxygen atoms in total. The standard InChI is InChI=1S/C26H19N7O7/c1-12(2)20-26-32-18(11-40-26)25-30-16(9-39-25)22-27-13(6-36-22)4-3-5-19-28-15(8-35-19)23-31-17(10-38-23)24-29-14(7-37-24)21(34)33-20/h3-4,6-12,20H,5H2,1-2H3,(H,33,34)/b4-3+. The number of nitrogens with zero attached hydrogens (tertiary/aromatic N) is 6. The molecule has 12 bridgehead atoms. The fourth-order valence-electron chi connectivity index (χ4n) is 4.00. The van der Waals surface area contributed by atoms with Gasteiger partial charge in [0.2, 0.25) is 29.5 Å². The zero-order valence-electron chi connectivity index (χ0n) is 21.0. The van der Waals surface area contributed by atoms with Crippen LogP contribution in [-0.2, 0) is 6.42 Å². The number of hydrogen-bond acceptors (Lipinski definition) is 13. The van der Waals surface area contributed by atoms with Gasteiger partial charge in [0.15, 0.2) is 34.4 Å². The van der Waals surface area contributed by atoms with Gasteiger partial charge in [-0.15, -0.1) is 0 Å². The van der Waals surface area contributed by atoms with Gasteiger partial charge in [0, 0.05) is 6.42 Å². The molecule has 1 amide bonds. The molecule has 1 aliphatic heterocycles. The summed E-state index contributed by atoms with van der Waals surface area (Å²) in [6.07, 6.45) is 12.3. The van der Waals surface area contributed by atoms with Crippen LogP contribution in [0, 0.1) is 5.92 Å². The number of hydrogen-bond donors (Lipinski definition) is 1. The van der Waals surface area contributed by atoms with E-state index in [9.17, 15) is 4.79 Å². The van der Waals surface area contributed by atoms with Gasteiger partial charge in [0.05, 0.1) is 0 Å². The Hall–Kier alpha value is -5.53. The van der Waals surface area contributed by atoms with Gasteiger partial charge in [-0.25, -0.2) is 29.9 Å². The molecule has 1 aliphatic rings. The molecule has 0 saturated carbocycles. The third-order valence-electron chi connectivity index (χ3n) is 6.02. The van der Waals surface area contributed by atoms with Crippen LogP contribution in [0.1, 0.15) is 47.9 Å². The molecule has 0 saturated heterocycles. The summed E-state index contributed by atoms with van der Waals surface area (Å²) in [4.78, 5) is 39.5. The molecule has 6 aromatic heterocycles. The molecule has 0 aliphatic carbocycles. The molecule has 7 heterocycles. The molecule has 40 heavy (non-hydrogen) atoms. The number of rotatable bonds is 1. The van der Waals surface area contributed by atoms with Crippen LogP contribution >= 0.6 is 0 Å². The minimum Gasteiger partial charge on any atom is -0.448 e. The molecule has 14 heteroatoms. The quantitative estimate of drug-likeness (QED) is 0.294. The van der Waals surface area contributed by atoms with Gasteiger partial charge in [0.1, 0.15) is 49.3 Å². The van der Waals surface area contributed by atoms with Gasteiger partial charge < -0.3 is 31.8 Å². The Balaban J connectivity index is 1.26. The van der Waals surface area contributed by atoms with Gasteiger partial charge in [-0.1, -0.05) is 19.9 Å². The number of allylic oxidation sites excluding steroid dienone is 1.